The van der Waals surface area contributed by atoms with E-state index in [2.05, 4.69) is 5.32 Å². The highest BCUT2D eigenvalue weighted by molar-refractivity contribution is 6.31. The van der Waals surface area contributed by atoms with Crippen LogP contribution in [0.5, 0.6) is 0 Å². The monoisotopic (exact) mass is 434 g/mol. The van der Waals surface area contributed by atoms with Crippen LogP contribution in [0.2, 0.25) is 10.0 Å². The molecule has 1 N–H and O–H groups in total. The molecule has 0 aliphatic carbocycles. The molecule has 0 aromatic heterocycles. The number of nitrogens with zero attached hydrogens (tertiary/aromatic N) is 1. The molecule has 29 heavy (non-hydrogen) atoms. The zero-order valence-corrected chi connectivity index (χ0v) is 18.6. The van der Waals surface area contributed by atoms with Gasteiger partial charge in [-0.2, -0.15) is 0 Å². The summed E-state index contributed by atoms with van der Waals surface area (Å²) in [5.41, 5.74) is 1.84. The minimum atomic E-state index is -0.585. The number of amides is 2. The molecule has 0 bridgehead atoms. The van der Waals surface area contributed by atoms with Crippen molar-refractivity contribution < 1.29 is 9.59 Å². The molecule has 156 valence electrons. The Labute approximate surface area is 183 Å². The van der Waals surface area contributed by atoms with E-state index in [9.17, 15) is 9.59 Å². The van der Waals surface area contributed by atoms with Crippen LogP contribution < -0.4 is 5.32 Å². The van der Waals surface area contributed by atoms with Gasteiger partial charge in [0.15, 0.2) is 0 Å². The number of nitrogens with one attached hydrogen (secondary N) is 1. The Morgan fingerprint density at radius 3 is 2.31 bits per heavy atom. The Bertz CT molecular complexity index is 824. The zero-order chi connectivity index (χ0) is 21.4. The van der Waals surface area contributed by atoms with Gasteiger partial charge in [0.1, 0.15) is 6.04 Å². The van der Waals surface area contributed by atoms with Crippen LogP contribution in [-0.4, -0.2) is 28.8 Å². The maximum Gasteiger partial charge on any atom is 0.242 e. The molecule has 2 rings (SSSR count). The fraction of sp³-hybridized carbons (Fsp3) is 0.391. The molecule has 0 unspecified atom stereocenters. The smallest absolute Gasteiger partial charge is 0.242 e. The first-order valence-corrected chi connectivity index (χ1v) is 10.6. The highest BCUT2D eigenvalue weighted by atomic mass is 35.5. The molecule has 0 saturated heterocycles. The summed E-state index contributed by atoms with van der Waals surface area (Å²) < 4.78 is 0. The Kier molecular flexibility index (Phi) is 8.99. The summed E-state index contributed by atoms with van der Waals surface area (Å²) in [5, 5.41) is 4.25. The van der Waals surface area contributed by atoms with Crippen LogP contribution in [0, 0.1) is 0 Å². The Morgan fingerprint density at radius 2 is 1.69 bits per heavy atom. The first-order valence-electron chi connectivity index (χ1n) is 9.89. The number of hydrogen-bond acceptors (Lipinski definition) is 2. The zero-order valence-electron chi connectivity index (χ0n) is 17.1. The van der Waals surface area contributed by atoms with E-state index in [0.29, 0.717) is 23.0 Å². The fourth-order valence-corrected chi connectivity index (χ4v) is 3.28. The molecule has 2 aromatic rings. The van der Waals surface area contributed by atoms with Crippen LogP contribution in [0.1, 0.15) is 44.7 Å². The van der Waals surface area contributed by atoms with Gasteiger partial charge >= 0.3 is 0 Å². The third-order valence-electron chi connectivity index (χ3n) is 5.00. The average molecular weight is 435 g/mol. The molecule has 2 aromatic carbocycles. The summed E-state index contributed by atoms with van der Waals surface area (Å²) in [7, 11) is 0. The van der Waals surface area contributed by atoms with Gasteiger partial charge in [0.2, 0.25) is 11.8 Å². The van der Waals surface area contributed by atoms with Crippen molar-refractivity contribution in [2.45, 2.75) is 58.7 Å². The van der Waals surface area contributed by atoms with E-state index in [4.69, 9.17) is 23.2 Å². The van der Waals surface area contributed by atoms with Crippen LogP contribution in [0.25, 0.3) is 0 Å². The molecule has 0 aliphatic heterocycles. The predicted octanol–water partition coefficient (Wildman–Crippen LogP) is 5.26. The lowest BCUT2D eigenvalue weighted by atomic mass is 10.1. The summed E-state index contributed by atoms with van der Waals surface area (Å²) in [6.07, 6.45) is 1.63. The Hall–Kier alpha value is -2.04. The normalized spacial score (nSPS) is 12.9. The maximum atomic E-state index is 13.1. The standard InChI is InChI=1S/C23H28Cl2N2O2/c1-4-16(2)26-23(29)17(3)27(15-18-9-12-20(24)13-10-18)22(28)14-11-19-7-5-6-8-21(19)25/h5-10,12-13,16-17H,4,11,14-15H2,1-3H3,(H,26,29)/t16-,17-/m0/s1. The third-order valence-corrected chi connectivity index (χ3v) is 5.62. The van der Waals surface area contributed by atoms with E-state index < -0.39 is 6.04 Å². The molecule has 0 aliphatic rings. The van der Waals surface area contributed by atoms with Crippen LogP contribution in [0.3, 0.4) is 0 Å². The molecule has 0 fully saturated rings. The lowest BCUT2D eigenvalue weighted by Crippen LogP contribution is -2.49. The molecule has 0 heterocycles. The van der Waals surface area contributed by atoms with Crippen molar-refractivity contribution in [2.24, 2.45) is 0 Å². The summed E-state index contributed by atoms with van der Waals surface area (Å²) in [6, 6.07) is 14.3. The second-order valence-corrected chi connectivity index (χ2v) is 8.08. The Balaban J connectivity index is 2.15. The van der Waals surface area contributed by atoms with Crippen molar-refractivity contribution in [3.05, 3.63) is 69.7 Å². The summed E-state index contributed by atoms with van der Waals surface area (Å²) in [5.74, 6) is -0.244. The topological polar surface area (TPSA) is 49.4 Å². The molecule has 0 spiro atoms. The second kappa shape index (κ2) is 11.2. The quantitative estimate of drug-likeness (QED) is 0.584. The number of benzene rings is 2. The van der Waals surface area contributed by atoms with E-state index >= 15 is 0 Å². The van der Waals surface area contributed by atoms with Crippen LogP contribution >= 0.6 is 23.2 Å². The van der Waals surface area contributed by atoms with Crippen LogP contribution in [-0.2, 0) is 22.6 Å². The third kappa shape index (κ3) is 7.06. The van der Waals surface area contributed by atoms with Gasteiger partial charge in [-0.1, -0.05) is 60.5 Å². The van der Waals surface area contributed by atoms with Crippen molar-refractivity contribution >= 4 is 35.0 Å². The minimum absolute atomic E-state index is 0.0561. The maximum absolute atomic E-state index is 13.1. The summed E-state index contributed by atoms with van der Waals surface area (Å²) in [6.45, 7) is 6.07. The van der Waals surface area contributed by atoms with Gasteiger partial charge in [0.05, 0.1) is 0 Å². The molecule has 2 atom stereocenters. The average Bonchev–Trinajstić information content (AvgIpc) is 2.71. The minimum Gasteiger partial charge on any atom is -0.352 e. The van der Waals surface area contributed by atoms with Gasteiger partial charge in [0.25, 0.3) is 0 Å². The van der Waals surface area contributed by atoms with E-state index in [1.54, 1.807) is 24.0 Å². The first-order chi connectivity index (χ1) is 13.8. The van der Waals surface area contributed by atoms with E-state index in [0.717, 1.165) is 17.5 Å². The number of carbonyl (C=O) groups is 2. The van der Waals surface area contributed by atoms with Gasteiger partial charge in [-0.3, -0.25) is 9.59 Å². The van der Waals surface area contributed by atoms with Crippen molar-refractivity contribution in [2.75, 3.05) is 0 Å². The predicted molar refractivity (Wildman–Crippen MR) is 119 cm³/mol. The highest BCUT2D eigenvalue weighted by Gasteiger charge is 2.26. The van der Waals surface area contributed by atoms with Crippen molar-refractivity contribution in [3.63, 3.8) is 0 Å². The Morgan fingerprint density at radius 1 is 1.03 bits per heavy atom. The van der Waals surface area contributed by atoms with Gasteiger partial charge in [-0.25, -0.2) is 0 Å². The lowest BCUT2D eigenvalue weighted by Gasteiger charge is -2.30. The second-order valence-electron chi connectivity index (χ2n) is 7.23. The molecule has 0 radical (unpaired) electrons. The molecular weight excluding hydrogens is 407 g/mol. The summed E-state index contributed by atoms with van der Waals surface area (Å²) in [4.78, 5) is 27.4. The van der Waals surface area contributed by atoms with Gasteiger partial charge in [-0.05, 0) is 56.0 Å². The number of aryl methyl sites for hydroxylation is 1. The van der Waals surface area contributed by atoms with Gasteiger partial charge in [0, 0.05) is 29.1 Å². The largest absolute Gasteiger partial charge is 0.352 e. The SMILES string of the molecule is CC[C@H](C)NC(=O)[C@H](C)N(Cc1ccc(Cl)cc1)C(=O)CCc1ccccc1Cl. The molecular formula is C23H28Cl2N2O2. The van der Waals surface area contributed by atoms with Gasteiger partial charge < -0.3 is 10.2 Å². The van der Waals surface area contributed by atoms with Crippen LogP contribution in [0.4, 0.5) is 0 Å². The summed E-state index contributed by atoms with van der Waals surface area (Å²) >= 11 is 12.2. The van der Waals surface area contributed by atoms with Gasteiger partial charge in [-0.15, -0.1) is 0 Å². The van der Waals surface area contributed by atoms with Crippen molar-refractivity contribution in [1.82, 2.24) is 10.2 Å². The van der Waals surface area contributed by atoms with Crippen molar-refractivity contribution in [3.8, 4) is 0 Å². The fourth-order valence-electron chi connectivity index (χ4n) is 2.92. The number of rotatable bonds is 9. The molecule has 6 heteroatoms. The van der Waals surface area contributed by atoms with E-state index in [1.807, 2.05) is 50.2 Å². The molecule has 2 amide bonds. The molecule has 4 nitrogen and oxygen atoms in total. The highest BCUT2D eigenvalue weighted by Crippen LogP contribution is 2.19. The van der Waals surface area contributed by atoms with E-state index in [1.165, 1.54) is 0 Å². The van der Waals surface area contributed by atoms with Crippen molar-refractivity contribution in [1.29, 1.82) is 0 Å². The lowest BCUT2D eigenvalue weighted by molar-refractivity contribution is -0.140. The van der Waals surface area contributed by atoms with E-state index in [-0.39, 0.29) is 24.3 Å². The van der Waals surface area contributed by atoms with Crippen LogP contribution in [0.15, 0.2) is 48.5 Å². The molecule has 0 saturated carbocycles. The first kappa shape index (κ1) is 23.2. The number of hydrogen-bond donors (Lipinski definition) is 1. The number of halogens is 2. The number of carbonyl (C=O) groups excluding carboxylic acids is 2.